The minimum absolute atomic E-state index is 0.0312. The van der Waals surface area contributed by atoms with E-state index < -0.39 is 5.97 Å². The van der Waals surface area contributed by atoms with Gasteiger partial charge in [-0.25, -0.2) is 4.79 Å². The summed E-state index contributed by atoms with van der Waals surface area (Å²) >= 11 is 0. The van der Waals surface area contributed by atoms with Gasteiger partial charge in [-0.15, -0.1) is 0 Å². The van der Waals surface area contributed by atoms with Gasteiger partial charge in [0.15, 0.2) is 0 Å². The second-order valence-electron chi connectivity index (χ2n) is 6.71. The molecule has 3 rings (SSSR count). The Bertz CT molecular complexity index is 889. The Morgan fingerprint density at radius 2 is 1.64 bits per heavy atom. The number of nitrogens with one attached hydrogen (secondary N) is 3. The molecular weight excluding hydrogens is 358 g/mol. The maximum atomic E-state index is 12.3. The van der Waals surface area contributed by atoms with Crippen molar-refractivity contribution in [2.24, 2.45) is 5.92 Å². The molecule has 1 aliphatic carbocycles. The van der Waals surface area contributed by atoms with Gasteiger partial charge in [0.05, 0.1) is 19.2 Å². The quantitative estimate of drug-likeness (QED) is 0.640. The molecule has 0 unspecified atom stereocenters. The highest BCUT2D eigenvalue weighted by atomic mass is 16.5. The summed E-state index contributed by atoms with van der Waals surface area (Å²) < 4.78 is 4.65. The summed E-state index contributed by atoms with van der Waals surface area (Å²) in [6, 6.07) is 12.1. The molecule has 28 heavy (non-hydrogen) atoms. The summed E-state index contributed by atoms with van der Waals surface area (Å²) in [5.74, 6) is -0.477. The molecule has 146 valence electrons. The van der Waals surface area contributed by atoms with Gasteiger partial charge >= 0.3 is 5.97 Å². The third-order valence-corrected chi connectivity index (χ3v) is 4.57. The van der Waals surface area contributed by atoms with Crippen LogP contribution in [0.3, 0.4) is 0 Å². The predicted molar refractivity (Wildman–Crippen MR) is 107 cm³/mol. The number of benzene rings is 2. The topological polar surface area (TPSA) is 96.5 Å². The Balaban J connectivity index is 1.55. The highest BCUT2D eigenvalue weighted by molar-refractivity contribution is 5.98. The third-order valence-electron chi connectivity index (χ3n) is 4.57. The van der Waals surface area contributed by atoms with Crippen molar-refractivity contribution in [2.45, 2.75) is 19.8 Å². The molecule has 0 saturated heterocycles. The van der Waals surface area contributed by atoms with Crippen molar-refractivity contribution in [1.82, 2.24) is 0 Å². The fraction of sp³-hybridized carbons (Fsp3) is 0.286. The van der Waals surface area contributed by atoms with E-state index in [-0.39, 0.29) is 24.3 Å². The monoisotopic (exact) mass is 381 g/mol. The van der Waals surface area contributed by atoms with Gasteiger partial charge in [0.25, 0.3) is 0 Å². The van der Waals surface area contributed by atoms with Gasteiger partial charge in [-0.1, -0.05) is 6.07 Å². The summed E-state index contributed by atoms with van der Waals surface area (Å²) in [5.41, 5.74) is 3.33. The number of carbonyl (C=O) groups is 3. The Hall–Kier alpha value is -3.35. The summed E-state index contributed by atoms with van der Waals surface area (Å²) in [6.45, 7) is 1.92. The molecule has 1 saturated carbocycles. The van der Waals surface area contributed by atoms with E-state index in [9.17, 15) is 14.4 Å². The van der Waals surface area contributed by atoms with Crippen molar-refractivity contribution in [3.8, 4) is 0 Å². The molecule has 0 radical (unpaired) electrons. The number of methoxy groups -OCH3 is 1. The lowest BCUT2D eigenvalue weighted by Crippen LogP contribution is -2.22. The molecular formula is C21H23N3O4. The van der Waals surface area contributed by atoms with E-state index >= 15 is 0 Å². The first kappa shape index (κ1) is 19.4. The average Bonchev–Trinajstić information content (AvgIpc) is 3.54. The fourth-order valence-electron chi connectivity index (χ4n) is 2.71. The van der Waals surface area contributed by atoms with Crippen LogP contribution in [-0.4, -0.2) is 31.4 Å². The zero-order chi connectivity index (χ0) is 20.1. The van der Waals surface area contributed by atoms with Crippen molar-refractivity contribution in [2.75, 3.05) is 29.6 Å². The smallest absolute Gasteiger partial charge is 0.337 e. The predicted octanol–water partition coefficient (Wildman–Crippen LogP) is 3.18. The Kier molecular flexibility index (Phi) is 5.93. The number of rotatable bonds is 7. The van der Waals surface area contributed by atoms with E-state index in [1.165, 1.54) is 7.11 Å². The molecule has 1 fully saturated rings. The fourth-order valence-corrected chi connectivity index (χ4v) is 2.71. The second-order valence-corrected chi connectivity index (χ2v) is 6.71. The number of amides is 2. The van der Waals surface area contributed by atoms with Crippen LogP contribution < -0.4 is 16.0 Å². The molecule has 0 aromatic heterocycles. The molecule has 0 atom stereocenters. The lowest BCUT2D eigenvalue weighted by atomic mass is 10.1. The van der Waals surface area contributed by atoms with Gasteiger partial charge in [0.2, 0.25) is 11.8 Å². The minimum atomic E-state index is -0.409. The van der Waals surface area contributed by atoms with Crippen LogP contribution in [0.4, 0.5) is 17.1 Å². The Morgan fingerprint density at radius 1 is 1.00 bits per heavy atom. The second kappa shape index (κ2) is 8.56. The van der Waals surface area contributed by atoms with Gasteiger partial charge in [0.1, 0.15) is 0 Å². The molecule has 3 N–H and O–H groups in total. The van der Waals surface area contributed by atoms with Gasteiger partial charge in [-0.2, -0.15) is 0 Å². The molecule has 2 aromatic rings. The number of anilines is 3. The van der Waals surface area contributed by atoms with Crippen LogP contribution in [-0.2, 0) is 14.3 Å². The van der Waals surface area contributed by atoms with E-state index in [2.05, 4.69) is 20.7 Å². The van der Waals surface area contributed by atoms with Crippen molar-refractivity contribution in [3.05, 3.63) is 53.6 Å². The molecule has 1 aliphatic rings. The number of esters is 1. The molecule has 2 amide bonds. The van der Waals surface area contributed by atoms with Crippen LogP contribution in [0.15, 0.2) is 42.5 Å². The standard InChI is InChI=1S/C21H23N3O4/c1-13-17(4-3-5-18(13)24-20(26)14-6-7-14)23-19(25)12-22-16-10-8-15(9-11-16)21(27)28-2/h3-5,8-11,14,22H,6-7,12H2,1-2H3,(H,23,25)(H,24,26). The normalized spacial score (nSPS) is 12.8. The van der Waals surface area contributed by atoms with E-state index in [4.69, 9.17) is 0 Å². The molecule has 0 spiro atoms. The summed E-state index contributed by atoms with van der Waals surface area (Å²) in [7, 11) is 1.33. The summed E-state index contributed by atoms with van der Waals surface area (Å²) in [4.78, 5) is 35.7. The van der Waals surface area contributed by atoms with Crippen LogP contribution in [0, 0.1) is 12.8 Å². The molecule has 0 heterocycles. The Labute approximate surface area is 163 Å². The van der Waals surface area contributed by atoms with E-state index in [0.29, 0.717) is 22.6 Å². The Morgan fingerprint density at radius 3 is 2.25 bits per heavy atom. The third kappa shape index (κ3) is 4.88. The van der Waals surface area contributed by atoms with Gasteiger partial charge in [-0.3, -0.25) is 9.59 Å². The zero-order valence-electron chi connectivity index (χ0n) is 15.9. The maximum Gasteiger partial charge on any atom is 0.337 e. The first-order valence-electron chi connectivity index (χ1n) is 9.10. The maximum absolute atomic E-state index is 12.3. The molecule has 0 aliphatic heterocycles. The van der Waals surface area contributed by atoms with Crippen molar-refractivity contribution in [1.29, 1.82) is 0 Å². The van der Waals surface area contributed by atoms with Gasteiger partial charge in [0, 0.05) is 23.0 Å². The first-order chi connectivity index (χ1) is 13.5. The SMILES string of the molecule is COC(=O)c1ccc(NCC(=O)Nc2cccc(NC(=O)C3CC3)c2C)cc1. The summed E-state index contributed by atoms with van der Waals surface area (Å²) in [6.07, 6.45) is 1.88. The molecule has 0 bridgehead atoms. The lowest BCUT2D eigenvalue weighted by molar-refractivity contribution is -0.117. The molecule has 7 nitrogen and oxygen atoms in total. The number of hydrogen-bond donors (Lipinski definition) is 3. The van der Waals surface area contributed by atoms with Crippen LogP contribution in [0.1, 0.15) is 28.8 Å². The van der Waals surface area contributed by atoms with Crippen molar-refractivity contribution >= 4 is 34.8 Å². The van der Waals surface area contributed by atoms with E-state index in [1.54, 1.807) is 36.4 Å². The van der Waals surface area contributed by atoms with E-state index in [1.807, 2.05) is 13.0 Å². The number of carbonyl (C=O) groups excluding carboxylic acids is 3. The average molecular weight is 381 g/mol. The number of hydrogen-bond acceptors (Lipinski definition) is 5. The lowest BCUT2D eigenvalue weighted by Gasteiger charge is -2.14. The highest BCUT2D eigenvalue weighted by Gasteiger charge is 2.29. The first-order valence-corrected chi connectivity index (χ1v) is 9.10. The molecule has 2 aromatic carbocycles. The van der Waals surface area contributed by atoms with E-state index in [0.717, 1.165) is 18.4 Å². The van der Waals surface area contributed by atoms with Crippen LogP contribution in [0.2, 0.25) is 0 Å². The zero-order valence-corrected chi connectivity index (χ0v) is 15.9. The van der Waals surface area contributed by atoms with Crippen molar-refractivity contribution in [3.63, 3.8) is 0 Å². The summed E-state index contributed by atoms with van der Waals surface area (Å²) in [5, 5.41) is 8.77. The highest BCUT2D eigenvalue weighted by Crippen LogP contribution is 2.31. The minimum Gasteiger partial charge on any atom is -0.465 e. The van der Waals surface area contributed by atoms with Gasteiger partial charge < -0.3 is 20.7 Å². The van der Waals surface area contributed by atoms with Crippen LogP contribution in [0.5, 0.6) is 0 Å². The number of ether oxygens (including phenoxy) is 1. The molecule has 7 heteroatoms. The van der Waals surface area contributed by atoms with Crippen molar-refractivity contribution < 1.29 is 19.1 Å². The largest absolute Gasteiger partial charge is 0.465 e. The van der Waals surface area contributed by atoms with Gasteiger partial charge in [-0.05, 0) is 61.7 Å². The van der Waals surface area contributed by atoms with Crippen LogP contribution >= 0.6 is 0 Å². The van der Waals surface area contributed by atoms with Crippen LogP contribution in [0.25, 0.3) is 0 Å².